The summed E-state index contributed by atoms with van der Waals surface area (Å²) in [6.07, 6.45) is 3.01. The highest BCUT2D eigenvalue weighted by Crippen LogP contribution is 2.20. The van der Waals surface area contributed by atoms with E-state index in [2.05, 4.69) is 20.9 Å². The van der Waals surface area contributed by atoms with Gasteiger partial charge in [0.25, 0.3) is 0 Å². The van der Waals surface area contributed by atoms with Crippen LogP contribution < -0.4 is 5.73 Å². The Morgan fingerprint density at radius 3 is 2.77 bits per heavy atom. The summed E-state index contributed by atoms with van der Waals surface area (Å²) in [4.78, 5) is 14.6. The molecule has 0 radical (unpaired) electrons. The number of pyridine rings is 1. The number of halogens is 1. The van der Waals surface area contributed by atoms with Crippen molar-refractivity contribution in [1.82, 2.24) is 4.98 Å². The lowest BCUT2D eigenvalue weighted by molar-refractivity contribution is -0.143. The third-order valence-electron chi connectivity index (χ3n) is 1.75. The van der Waals surface area contributed by atoms with E-state index in [-0.39, 0.29) is 0 Å². The number of nitrogens with zero attached hydrogens (tertiary/aromatic N) is 1. The van der Waals surface area contributed by atoms with E-state index in [9.17, 15) is 4.79 Å². The van der Waals surface area contributed by atoms with Crippen molar-refractivity contribution in [2.75, 3.05) is 0 Å². The third-order valence-corrected chi connectivity index (χ3v) is 2.18. The van der Waals surface area contributed by atoms with Crippen molar-refractivity contribution in [2.45, 2.75) is 12.5 Å². The van der Waals surface area contributed by atoms with E-state index in [1.54, 1.807) is 12.3 Å². The standard InChI is InChI=1S/C8H9BrN2O2/c1-8(10,7(12)13)5-2-6(9)4-11-3-5/h2-4H,10H2,1H3,(H,12,13). The minimum Gasteiger partial charge on any atom is -0.480 e. The zero-order chi connectivity index (χ0) is 10.1. The quantitative estimate of drug-likeness (QED) is 0.817. The molecule has 1 aromatic rings. The zero-order valence-corrected chi connectivity index (χ0v) is 8.58. The minimum absolute atomic E-state index is 0.467. The van der Waals surface area contributed by atoms with Crippen molar-refractivity contribution < 1.29 is 9.90 Å². The average molecular weight is 245 g/mol. The number of carboxylic acids is 1. The average Bonchev–Trinajstić information content (AvgIpc) is 2.04. The molecule has 0 aliphatic carbocycles. The molecule has 3 N–H and O–H groups in total. The Morgan fingerprint density at radius 2 is 2.31 bits per heavy atom. The van der Waals surface area contributed by atoms with Crippen molar-refractivity contribution >= 4 is 21.9 Å². The number of carboxylic acid groups (broad SMARTS) is 1. The van der Waals surface area contributed by atoms with Crippen LogP contribution in [0.25, 0.3) is 0 Å². The molecule has 1 unspecified atom stereocenters. The first kappa shape index (κ1) is 10.1. The molecule has 0 saturated carbocycles. The molecule has 0 saturated heterocycles. The number of hydrogen-bond acceptors (Lipinski definition) is 3. The smallest absolute Gasteiger partial charge is 0.328 e. The Labute approximate surface area is 83.9 Å². The third kappa shape index (κ3) is 2.05. The Balaban J connectivity index is 3.14. The monoisotopic (exact) mass is 244 g/mol. The molecule has 0 fully saturated rings. The Hall–Kier alpha value is -0.940. The summed E-state index contributed by atoms with van der Waals surface area (Å²) >= 11 is 3.19. The maximum atomic E-state index is 10.8. The fraction of sp³-hybridized carbons (Fsp3) is 0.250. The van der Waals surface area contributed by atoms with E-state index in [0.717, 1.165) is 0 Å². The molecule has 1 atom stereocenters. The van der Waals surface area contributed by atoms with E-state index >= 15 is 0 Å². The normalized spacial score (nSPS) is 15.0. The zero-order valence-electron chi connectivity index (χ0n) is 6.99. The molecule has 0 aliphatic rings. The van der Waals surface area contributed by atoms with Crippen molar-refractivity contribution in [3.63, 3.8) is 0 Å². The first-order valence-electron chi connectivity index (χ1n) is 3.58. The summed E-state index contributed by atoms with van der Waals surface area (Å²) < 4.78 is 0.711. The maximum absolute atomic E-state index is 10.8. The molecule has 13 heavy (non-hydrogen) atoms. The predicted molar refractivity (Wildman–Crippen MR) is 51.1 cm³/mol. The molecule has 1 heterocycles. The summed E-state index contributed by atoms with van der Waals surface area (Å²) in [6.45, 7) is 1.43. The summed E-state index contributed by atoms with van der Waals surface area (Å²) in [6, 6.07) is 1.64. The molecule has 4 nitrogen and oxygen atoms in total. The fourth-order valence-electron chi connectivity index (χ4n) is 0.819. The Bertz CT molecular complexity index is 339. The van der Waals surface area contributed by atoms with Crippen molar-refractivity contribution in [3.05, 3.63) is 28.5 Å². The molecule has 1 rings (SSSR count). The molecule has 0 bridgehead atoms. The highest BCUT2D eigenvalue weighted by molar-refractivity contribution is 9.10. The minimum atomic E-state index is -1.39. The van der Waals surface area contributed by atoms with Crippen molar-refractivity contribution in [3.8, 4) is 0 Å². The van der Waals surface area contributed by atoms with Crippen LogP contribution in [0.3, 0.4) is 0 Å². The second-order valence-corrected chi connectivity index (χ2v) is 3.82. The van der Waals surface area contributed by atoms with Gasteiger partial charge >= 0.3 is 5.97 Å². The first-order chi connectivity index (χ1) is 5.94. The van der Waals surface area contributed by atoms with E-state index in [1.807, 2.05) is 0 Å². The van der Waals surface area contributed by atoms with Crippen LogP contribution in [-0.4, -0.2) is 16.1 Å². The highest BCUT2D eigenvalue weighted by atomic mass is 79.9. The van der Waals surface area contributed by atoms with Gasteiger partial charge in [0.15, 0.2) is 0 Å². The van der Waals surface area contributed by atoms with E-state index in [4.69, 9.17) is 10.8 Å². The lowest BCUT2D eigenvalue weighted by atomic mass is 9.95. The van der Waals surface area contributed by atoms with Crippen LogP contribution in [0, 0.1) is 0 Å². The van der Waals surface area contributed by atoms with E-state index < -0.39 is 11.5 Å². The van der Waals surface area contributed by atoms with E-state index in [0.29, 0.717) is 10.0 Å². The van der Waals surface area contributed by atoms with Crippen LogP contribution >= 0.6 is 15.9 Å². The Morgan fingerprint density at radius 1 is 1.69 bits per heavy atom. The van der Waals surface area contributed by atoms with Crippen LogP contribution in [0.1, 0.15) is 12.5 Å². The molecule has 0 aliphatic heterocycles. The highest BCUT2D eigenvalue weighted by Gasteiger charge is 2.30. The van der Waals surface area contributed by atoms with Crippen LogP contribution in [0.15, 0.2) is 22.9 Å². The number of carbonyl (C=O) groups is 1. The van der Waals surface area contributed by atoms with Crippen molar-refractivity contribution in [1.29, 1.82) is 0 Å². The predicted octanol–water partition coefficient (Wildman–Crippen LogP) is 1.10. The van der Waals surface area contributed by atoms with Gasteiger partial charge in [0.2, 0.25) is 0 Å². The van der Waals surface area contributed by atoms with Crippen LogP contribution in [0.5, 0.6) is 0 Å². The SMILES string of the molecule is CC(N)(C(=O)O)c1cncc(Br)c1. The number of rotatable bonds is 2. The second kappa shape index (κ2) is 3.43. The summed E-state index contributed by atoms with van der Waals surface area (Å²) in [7, 11) is 0. The van der Waals surface area contributed by atoms with Crippen molar-refractivity contribution in [2.24, 2.45) is 5.73 Å². The molecule has 0 spiro atoms. The van der Waals surface area contributed by atoms with Gasteiger partial charge in [-0.05, 0) is 28.9 Å². The fourth-order valence-corrected chi connectivity index (χ4v) is 1.18. The molecule has 0 amide bonds. The summed E-state index contributed by atoms with van der Waals surface area (Å²) in [5.41, 5.74) is 4.66. The summed E-state index contributed by atoms with van der Waals surface area (Å²) in [5.74, 6) is -1.08. The van der Waals surface area contributed by atoms with E-state index in [1.165, 1.54) is 13.1 Å². The van der Waals surface area contributed by atoms with Crippen LogP contribution in [0.4, 0.5) is 0 Å². The maximum Gasteiger partial charge on any atom is 0.328 e. The molecule has 1 aromatic heterocycles. The summed E-state index contributed by atoms with van der Waals surface area (Å²) in [5, 5.41) is 8.82. The molecule has 70 valence electrons. The second-order valence-electron chi connectivity index (χ2n) is 2.90. The lowest BCUT2D eigenvalue weighted by Gasteiger charge is -2.18. The van der Waals surface area contributed by atoms with Crippen LogP contribution in [-0.2, 0) is 10.3 Å². The molecular weight excluding hydrogens is 236 g/mol. The van der Waals surface area contributed by atoms with Gasteiger partial charge in [-0.3, -0.25) is 4.98 Å². The van der Waals surface area contributed by atoms with Gasteiger partial charge in [0.05, 0.1) is 0 Å². The number of nitrogens with two attached hydrogens (primary N) is 1. The lowest BCUT2D eigenvalue weighted by Crippen LogP contribution is -2.41. The van der Waals surface area contributed by atoms with Gasteiger partial charge in [0.1, 0.15) is 5.54 Å². The van der Waals surface area contributed by atoms with Gasteiger partial charge in [-0.2, -0.15) is 0 Å². The number of aromatic nitrogens is 1. The van der Waals surface area contributed by atoms with Crippen LogP contribution in [0.2, 0.25) is 0 Å². The molecular formula is C8H9BrN2O2. The number of aliphatic carboxylic acids is 1. The topological polar surface area (TPSA) is 76.2 Å². The van der Waals surface area contributed by atoms with Gasteiger partial charge in [-0.1, -0.05) is 0 Å². The molecule has 0 aromatic carbocycles. The van der Waals surface area contributed by atoms with Gasteiger partial charge in [-0.25, -0.2) is 4.79 Å². The molecule has 5 heteroatoms. The Kier molecular flexibility index (Phi) is 2.68. The largest absolute Gasteiger partial charge is 0.480 e. The van der Waals surface area contributed by atoms with Gasteiger partial charge in [-0.15, -0.1) is 0 Å². The number of hydrogen-bond donors (Lipinski definition) is 2. The first-order valence-corrected chi connectivity index (χ1v) is 4.37. The van der Waals surface area contributed by atoms with Gasteiger partial charge in [0, 0.05) is 22.4 Å². The van der Waals surface area contributed by atoms with Gasteiger partial charge < -0.3 is 10.8 Å².